The molecule has 3 rings (SSSR count). The number of nitrogens with two attached hydrogens (primary N) is 1. The first-order valence-electron chi connectivity index (χ1n) is 6.02. The van der Waals surface area contributed by atoms with E-state index in [2.05, 4.69) is 32.3 Å². The second kappa shape index (κ2) is 5.34. The number of H-pyrrole nitrogens is 1. The van der Waals surface area contributed by atoms with Crippen molar-refractivity contribution in [3.63, 3.8) is 0 Å². The molecule has 20 heavy (non-hydrogen) atoms. The van der Waals surface area contributed by atoms with E-state index in [4.69, 9.17) is 10.2 Å². The number of nitrogen functional groups attached to an aromatic ring is 1. The monoisotopic (exact) mass is 353 g/mol. The molecule has 0 radical (unpaired) electrons. The van der Waals surface area contributed by atoms with Crippen molar-refractivity contribution in [2.24, 2.45) is 0 Å². The van der Waals surface area contributed by atoms with Gasteiger partial charge in [0.15, 0.2) is 5.58 Å². The highest BCUT2D eigenvalue weighted by atomic mass is 79.9. The Hall–Kier alpha value is -1.73. The fourth-order valence-electron chi connectivity index (χ4n) is 1.97. The minimum absolute atomic E-state index is 0.472. The molecule has 4 N–H and O–H groups in total. The zero-order valence-electron chi connectivity index (χ0n) is 10.4. The lowest BCUT2D eigenvalue weighted by Gasteiger charge is -2.08. The van der Waals surface area contributed by atoms with Gasteiger partial charge >= 0.3 is 5.76 Å². The molecule has 104 valence electrons. The van der Waals surface area contributed by atoms with Crippen molar-refractivity contribution in [2.45, 2.75) is 6.42 Å². The van der Waals surface area contributed by atoms with Crippen molar-refractivity contribution in [1.82, 2.24) is 4.98 Å². The van der Waals surface area contributed by atoms with E-state index in [-0.39, 0.29) is 0 Å². The summed E-state index contributed by atoms with van der Waals surface area (Å²) >= 11 is 5.16. The third kappa shape index (κ3) is 2.73. The average molecular weight is 354 g/mol. The van der Waals surface area contributed by atoms with Crippen LogP contribution in [-0.4, -0.2) is 11.5 Å². The van der Waals surface area contributed by atoms with Gasteiger partial charge in [0.2, 0.25) is 0 Å². The smallest absolute Gasteiger partial charge is 0.408 e. The number of anilines is 2. The van der Waals surface area contributed by atoms with Crippen LogP contribution in [0.25, 0.3) is 11.1 Å². The van der Waals surface area contributed by atoms with Crippen molar-refractivity contribution >= 4 is 49.7 Å². The lowest BCUT2D eigenvalue weighted by molar-refractivity contribution is 0.555. The highest BCUT2D eigenvalue weighted by Crippen LogP contribution is 2.25. The van der Waals surface area contributed by atoms with Crippen LogP contribution in [0, 0.1) is 0 Å². The number of aromatic nitrogens is 1. The van der Waals surface area contributed by atoms with Crippen molar-refractivity contribution in [3.05, 3.63) is 43.5 Å². The second-order valence-corrected chi connectivity index (χ2v) is 6.88. The molecule has 1 aromatic carbocycles. The van der Waals surface area contributed by atoms with Gasteiger partial charge in [0.05, 0.1) is 20.7 Å². The lowest BCUT2D eigenvalue weighted by Crippen LogP contribution is -2.06. The molecule has 0 unspecified atom stereocenters. The summed E-state index contributed by atoms with van der Waals surface area (Å²) in [5.74, 6) is -0.472. The Morgan fingerprint density at radius 2 is 2.25 bits per heavy atom. The number of thiophene rings is 1. The maximum absolute atomic E-state index is 11.1. The summed E-state index contributed by atoms with van der Waals surface area (Å²) in [6.45, 7) is 0.769. The predicted octanol–water partition coefficient (Wildman–Crippen LogP) is 3.18. The quantitative estimate of drug-likeness (QED) is 0.629. The fourth-order valence-corrected chi connectivity index (χ4v) is 3.46. The van der Waals surface area contributed by atoms with Gasteiger partial charge in [0.1, 0.15) is 0 Å². The molecule has 2 heterocycles. The van der Waals surface area contributed by atoms with E-state index in [1.807, 2.05) is 6.07 Å². The van der Waals surface area contributed by atoms with Crippen molar-refractivity contribution in [1.29, 1.82) is 0 Å². The number of hydrogen-bond donors (Lipinski definition) is 3. The highest BCUT2D eigenvalue weighted by molar-refractivity contribution is 9.11. The fraction of sp³-hybridized carbons (Fsp3) is 0.154. The zero-order chi connectivity index (χ0) is 14.1. The number of rotatable bonds is 4. The molecule has 5 nitrogen and oxygen atoms in total. The molecule has 0 aliphatic carbocycles. The Morgan fingerprint density at radius 1 is 1.40 bits per heavy atom. The van der Waals surface area contributed by atoms with Gasteiger partial charge in [0, 0.05) is 17.5 Å². The van der Waals surface area contributed by atoms with E-state index >= 15 is 0 Å². The van der Waals surface area contributed by atoms with Crippen molar-refractivity contribution < 1.29 is 4.42 Å². The molecule has 2 aromatic heterocycles. The average Bonchev–Trinajstić information content (AvgIpc) is 2.95. The molecule has 3 aromatic rings. The SMILES string of the molecule is Nc1cc2oc(=O)[nH]c2cc1NCCc1ccc(Br)s1. The highest BCUT2D eigenvalue weighted by Gasteiger charge is 2.06. The number of fused-ring (bicyclic) bond motifs is 1. The molecule has 0 aliphatic heterocycles. The Morgan fingerprint density at radius 3 is 3.00 bits per heavy atom. The number of nitrogens with one attached hydrogen (secondary N) is 2. The van der Waals surface area contributed by atoms with Gasteiger partial charge in [-0.2, -0.15) is 0 Å². The maximum atomic E-state index is 11.1. The molecule has 0 amide bonds. The van der Waals surface area contributed by atoms with Crippen LogP contribution in [0.5, 0.6) is 0 Å². The van der Waals surface area contributed by atoms with Gasteiger partial charge in [-0.3, -0.25) is 4.98 Å². The first-order valence-corrected chi connectivity index (χ1v) is 7.63. The lowest BCUT2D eigenvalue weighted by atomic mass is 10.2. The normalized spacial score (nSPS) is 11.1. The van der Waals surface area contributed by atoms with Crippen LogP contribution in [0.2, 0.25) is 0 Å². The molecule has 0 bridgehead atoms. The van der Waals surface area contributed by atoms with Gasteiger partial charge in [-0.1, -0.05) is 0 Å². The van der Waals surface area contributed by atoms with E-state index in [0.717, 1.165) is 22.4 Å². The van der Waals surface area contributed by atoms with E-state index in [1.54, 1.807) is 23.5 Å². The Bertz CT molecular complexity index is 805. The van der Waals surface area contributed by atoms with E-state index < -0.39 is 5.76 Å². The van der Waals surface area contributed by atoms with Crippen LogP contribution in [-0.2, 0) is 6.42 Å². The molecular weight excluding hydrogens is 342 g/mol. The standard InChI is InChI=1S/C13H12BrN3O2S/c14-12-2-1-7(20-12)3-4-16-9-6-10-11(5-8(9)15)19-13(18)17-10/h1-2,5-6,16H,3-4,15H2,(H,17,18). The summed E-state index contributed by atoms with van der Waals surface area (Å²) in [5.41, 5.74) is 8.41. The molecule has 0 fully saturated rings. The van der Waals surface area contributed by atoms with E-state index in [1.165, 1.54) is 4.88 Å². The topological polar surface area (TPSA) is 84.0 Å². The molecule has 0 saturated heterocycles. The van der Waals surface area contributed by atoms with Gasteiger partial charge in [-0.25, -0.2) is 4.79 Å². The number of aromatic amines is 1. The Balaban J connectivity index is 1.73. The van der Waals surface area contributed by atoms with Crippen molar-refractivity contribution in [3.8, 4) is 0 Å². The number of oxazole rings is 1. The van der Waals surface area contributed by atoms with E-state index in [0.29, 0.717) is 16.8 Å². The minimum Gasteiger partial charge on any atom is -0.408 e. The Labute approximate surface area is 126 Å². The number of benzene rings is 1. The summed E-state index contributed by atoms with van der Waals surface area (Å²) in [4.78, 5) is 15.0. The second-order valence-electron chi connectivity index (χ2n) is 4.33. The summed E-state index contributed by atoms with van der Waals surface area (Å²) < 4.78 is 6.09. The van der Waals surface area contributed by atoms with Crippen LogP contribution in [0.15, 0.2) is 37.3 Å². The van der Waals surface area contributed by atoms with Crippen molar-refractivity contribution in [2.75, 3.05) is 17.6 Å². The first-order chi connectivity index (χ1) is 9.61. The summed E-state index contributed by atoms with van der Waals surface area (Å²) in [6, 6.07) is 7.57. The minimum atomic E-state index is -0.472. The number of halogens is 1. The third-order valence-electron chi connectivity index (χ3n) is 2.91. The maximum Gasteiger partial charge on any atom is 0.417 e. The largest absolute Gasteiger partial charge is 0.417 e. The van der Waals surface area contributed by atoms with Gasteiger partial charge in [0.25, 0.3) is 0 Å². The molecule has 0 spiro atoms. The summed E-state index contributed by atoms with van der Waals surface area (Å²) in [6.07, 6.45) is 0.912. The zero-order valence-corrected chi connectivity index (χ0v) is 12.8. The Kier molecular flexibility index (Phi) is 3.54. The number of hydrogen-bond acceptors (Lipinski definition) is 5. The van der Waals surface area contributed by atoms with Gasteiger partial charge in [-0.15, -0.1) is 11.3 Å². The van der Waals surface area contributed by atoms with E-state index in [9.17, 15) is 4.79 Å². The molecule has 7 heteroatoms. The summed E-state index contributed by atoms with van der Waals surface area (Å²) in [5, 5.41) is 3.27. The molecular formula is C13H12BrN3O2S. The van der Waals surface area contributed by atoms with Gasteiger partial charge in [-0.05, 0) is 40.5 Å². The van der Waals surface area contributed by atoms with Crippen LogP contribution < -0.4 is 16.8 Å². The van der Waals surface area contributed by atoms with Gasteiger partial charge < -0.3 is 15.5 Å². The third-order valence-corrected chi connectivity index (χ3v) is 4.59. The van der Waals surface area contributed by atoms with Crippen LogP contribution in [0.4, 0.5) is 11.4 Å². The van der Waals surface area contributed by atoms with Crippen LogP contribution in [0.1, 0.15) is 4.88 Å². The molecule has 0 saturated carbocycles. The first kappa shape index (κ1) is 13.3. The summed E-state index contributed by atoms with van der Waals surface area (Å²) in [7, 11) is 0. The predicted molar refractivity (Wildman–Crippen MR) is 85.5 cm³/mol. The molecule has 0 aliphatic rings. The van der Waals surface area contributed by atoms with Crippen LogP contribution >= 0.6 is 27.3 Å². The molecule has 0 atom stereocenters. The van der Waals surface area contributed by atoms with Crippen LogP contribution in [0.3, 0.4) is 0 Å².